The fourth-order valence-corrected chi connectivity index (χ4v) is 11.9. The highest BCUT2D eigenvalue weighted by molar-refractivity contribution is 7.92. The summed E-state index contributed by atoms with van der Waals surface area (Å²) in [7, 11) is -3.80. The van der Waals surface area contributed by atoms with Gasteiger partial charge in [0.05, 0.1) is 29.8 Å². The van der Waals surface area contributed by atoms with Gasteiger partial charge in [0.25, 0.3) is 0 Å². The summed E-state index contributed by atoms with van der Waals surface area (Å²) in [5.74, 6) is 1.94. The minimum atomic E-state index is -3.80. The van der Waals surface area contributed by atoms with Crippen LogP contribution in [0.5, 0.6) is 5.75 Å². The lowest BCUT2D eigenvalue weighted by Gasteiger charge is -2.64. The summed E-state index contributed by atoms with van der Waals surface area (Å²) in [6, 6.07) is 6.16. The molecule has 0 unspecified atom stereocenters. The summed E-state index contributed by atoms with van der Waals surface area (Å²) in [5.41, 5.74) is 0.323. The largest absolute Gasteiger partial charge is 0.491 e. The molecule has 0 amide bonds. The highest BCUT2D eigenvalue weighted by Crippen LogP contribution is 2.69. The van der Waals surface area contributed by atoms with E-state index < -0.39 is 21.6 Å². The third kappa shape index (κ3) is 6.21. The van der Waals surface area contributed by atoms with Crippen LogP contribution in [0.3, 0.4) is 0 Å². The molecule has 0 spiro atoms. The summed E-state index contributed by atoms with van der Waals surface area (Å²) in [6.07, 6.45) is 8.40. The van der Waals surface area contributed by atoms with Gasteiger partial charge in [-0.05, 0) is 142 Å². The van der Waals surface area contributed by atoms with E-state index in [4.69, 9.17) is 9.47 Å². The maximum absolute atomic E-state index is 12.8. The molecule has 0 saturated heterocycles. The zero-order valence-electron chi connectivity index (χ0n) is 27.7. The number of rotatable bonds is 10. The SMILES string of the molecule is CC[C@H]1[C@@H](O)[C@@H]2[C@H](CC[C@]3(C)[C@@H]([C@H](C)CCOC(=O)CS(=O)(=O)c4ccc(OC(C)C)cc4)CC[C@@H]23)[C@@]2(C)CC[C@@H](O)C[C@@H]12. The number of carbonyl (C=O) groups is 1. The summed E-state index contributed by atoms with van der Waals surface area (Å²) in [6.45, 7) is 13.4. The minimum absolute atomic E-state index is 0.0153. The summed E-state index contributed by atoms with van der Waals surface area (Å²) < 4.78 is 36.7. The molecular formula is C36H56O7S. The van der Waals surface area contributed by atoms with Crippen LogP contribution in [0.4, 0.5) is 0 Å². The molecule has 4 saturated carbocycles. The van der Waals surface area contributed by atoms with E-state index in [-0.39, 0.29) is 46.6 Å². The third-order valence-electron chi connectivity index (χ3n) is 12.8. The predicted octanol–water partition coefficient (Wildman–Crippen LogP) is 6.44. The van der Waals surface area contributed by atoms with Crippen molar-refractivity contribution in [3.8, 4) is 5.75 Å². The third-order valence-corrected chi connectivity index (χ3v) is 14.5. The Balaban J connectivity index is 1.18. The topological polar surface area (TPSA) is 110 Å². The molecule has 1 aromatic carbocycles. The van der Waals surface area contributed by atoms with Crippen LogP contribution in [-0.2, 0) is 19.4 Å². The Morgan fingerprint density at radius 1 is 0.955 bits per heavy atom. The van der Waals surface area contributed by atoms with Gasteiger partial charge in [-0.1, -0.05) is 34.1 Å². The van der Waals surface area contributed by atoms with Gasteiger partial charge in [-0.3, -0.25) is 4.79 Å². The van der Waals surface area contributed by atoms with Crippen LogP contribution in [0.25, 0.3) is 0 Å². The van der Waals surface area contributed by atoms with Crippen molar-refractivity contribution in [2.24, 2.45) is 52.3 Å². The van der Waals surface area contributed by atoms with Gasteiger partial charge in [0, 0.05) is 0 Å². The standard InChI is InChI=1S/C36H56O7S/c1-7-27-31-20-24(37)14-17-36(31,6)30-15-18-35(5)28(12-13-29(35)33(30)34(27)39)23(4)16-19-42-32(38)21-44(40,41)26-10-8-25(9-11-26)43-22(2)3/h8-11,22-24,27-31,33-34,37,39H,7,12-21H2,1-6H3/t23-,24-,27-,28-,29+,30+,31+,33+,34-,35-,36-/m1/s1. The van der Waals surface area contributed by atoms with Crippen molar-refractivity contribution in [1.82, 2.24) is 0 Å². The second-order valence-corrected chi connectivity index (χ2v) is 17.5. The van der Waals surface area contributed by atoms with Crippen LogP contribution < -0.4 is 4.74 Å². The normalized spacial score (nSPS) is 39.2. The van der Waals surface area contributed by atoms with Gasteiger partial charge in [-0.15, -0.1) is 0 Å². The quantitative estimate of drug-likeness (QED) is 0.286. The van der Waals surface area contributed by atoms with Gasteiger partial charge < -0.3 is 19.7 Å². The van der Waals surface area contributed by atoms with Gasteiger partial charge in [-0.2, -0.15) is 0 Å². The molecule has 5 rings (SSSR count). The first kappa shape index (κ1) is 33.7. The van der Waals surface area contributed by atoms with Crippen molar-refractivity contribution in [2.75, 3.05) is 12.4 Å². The number of esters is 1. The molecule has 248 valence electrons. The molecule has 44 heavy (non-hydrogen) atoms. The molecule has 0 aliphatic heterocycles. The number of carbonyl (C=O) groups excluding carboxylic acids is 1. The van der Waals surface area contributed by atoms with E-state index in [1.807, 2.05) is 13.8 Å². The van der Waals surface area contributed by atoms with Crippen molar-refractivity contribution in [2.45, 2.75) is 123 Å². The maximum Gasteiger partial charge on any atom is 0.321 e. The molecule has 0 heterocycles. The predicted molar refractivity (Wildman–Crippen MR) is 171 cm³/mol. The molecule has 1 aromatic rings. The number of hydrogen-bond donors (Lipinski definition) is 2. The molecule has 8 heteroatoms. The van der Waals surface area contributed by atoms with Crippen LogP contribution in [0, 0.1) is 52.3 Å². The average molecular weight is 633 g/mol. The fourth-order valence-electron chi connectivity index (χ4n) is 10.8. The number of sulfone groups is 1. The Labute approximate surface area is 265 Å². The Morgan fingerprint density at radius 2 is 1.61 bits per heavy atom. The van der Waals surface area contributed by atoms with Crippen molar-refractivity contribution in [1.29, 1.82) is 0 Å². The first-order chi connectivity index (χ1) is 20.7. The fraction of sp³-hybridized carbons (Fsp3) is 0.806. The highest BCUT2D eigenvalue weighted by Gasteiger charge is 2.64. The number of benzene rings is 1. The highest BCUT2D eigenvalue weighted by atomic mass is 32.2. The maximum atomic E-state index is 12.8. The Kier molecular flexibility index (Phi) is 9.86. The van der Waals surface area contributed by atoms with Crippen LogP contribution in [0.2, 0.25) is 0 Å². The lowest BCUT2D eigenvalue weighted by Crippen LogP contribution is -2.62. The van der Waals surface area contributed by atoms with E-state index in [1.54, 1.807) is 12.1 Å². The molecular weight excluding hydrogens is 576 g/mol. The Hall–Kier alpha value is -1.64. The van der Waals surface area contributed by atoms with Crippen molar-refractivity contribution >= 4 is 15.8 Å². The molecule has 4 aliphatic carbocycles. The molecule has 2 N–H and O–H groups in total. The van der Waals surface area contributed by atoms with E-state index in [2.05, 4.69) is 27.7 Å². The van der Waals surface area contributed by atoms with Gasteiger partial charge >= 0.3 is 5.97 Å². The smallest absolute Gasteiger partial charge is 0.321 e. The average Bonchev–Trinajstić information content (AvgIpc) is 3.31. The number of aliphatic hydroxyl groups excluding tert-OH is 2. The van der Waals surface area contributed by atoms with Gasteiger partial charge in [0.15, 0.2) is 15.6 Å². The number of ether oxygens (including phenoxy) is 2. The van der Waals surface area contributed by atoms with Crippen LogP contribution in [-0.4, -0.2) is 55.3 Å². The van der Waals surface area contributed by atoms with Crippen molar-refractivity contribution in [3.63, 3.8) is 0 Å². The molecule has 0 bridgehead atoms. The van der Waals surface area contributed by atoms with E-state index in [0.717, 1.165) is 51.4 Å². The van der Waals surface area contributed by atoms with Crippen molar-refractivity contribution in [3.05, 3.63) is 24.3 Å². The van der Waals surface area contributed by atoms with Gasteiger partial charge in [-0.25, -0.2) is 8.42 Å². The van der Waals surface area contributed by atoms with Crippen molar-refractivity contribution < 1.29 is 32.9 Å². The molecule has 0 radical (unpaired) electrons. The molecule has 4 aliphatic rings. The Bertz CT molecular complexity index is 1260. The Morgan fingerprint density at radius 3 is 2.27 bits per heavy atom. The summed E-state index contributed by atoms with van der Waals surface area (Å²) >= 11 is 0. The first-order valence-electron chi connectivity index (χ1n) is 17.2. The van der Waals surface area contributed by atoms with Crippen LogP contribution >= 0.6 is 0 Å². The van der Waals surface area contributed by atoms with E-state index in [1.165, 1.54) is 12.1 Å². The van der Waals surface area contributed by atoms with E-state index in [9.17, 15) is 23.4 Å². The zero-order valence-corrected chi connectivity index (χ0v) is 28.5. The lowest BCUT2D eigenvalue weighted by molar-refractivity contribution is -0.203. The lowest BCUT2D eigenvalue weighted by atomic mass is 9.41. The molecule has 11 atom stereocenters. The van der Waals surface area contributed by atoms with Crippen LogP contribution in [0.15, 0.2) is 29.2 Å². The van der Waals surface area contributed by atoms with Crippen LogP contribution in [0.1, 0.15) is 99.3 Å². The summed E-state index contributed by atoms with van der Waals surface area (Å²) in [4.78, 5) is 12.7. The van der Waals surface area contributed by atoms with Gasteiger partial charge in [0.2, 0.25) is 0 Å². The second kappa shape index (κ2) is 12.9. The molecule has 7 nitrogen and oxygen atoms in total. The minimum Gasteiger partial charge on any atom is -0.491 e. The summed E-state index contributed by atoms with van der Waals surface area (Å²) in [5, 5.41) is 22.5. The number of aliphatic hydroxyl groups is 2. The van der Waals surface area contributed by atoms with Gasteiger partial charge in [0.1, 0.15) is 5.75 Å². The number of hydrogen-bond acceptors (Lipinski definition) is 7. The monoisotopic (exact) mass is 632 g/mol. The molecule has 4 fully saturated rings. The second-order valence-electron chi connectivity index (χ2n) is 15.5. The molecule has 0 aromatic heterocycles. The number of fused-ring (bicyclic) bond motifs is 5. The van der Waals surface area contributed by atoms with E-state index in [0.29, 0.717) is 47.7 Å². The first-order valence-corrected chi connectivity index (χ1v) is 18.9. The van der Waals surface area contributed by atoms with E-state index >= 15 is 0 Å². The zero-order chi connectivity index (χ0) is 32.0.